The van der Waals surface area contributed by atoms with Crippen molar-refractivity contribution in [3.05, 3.63) is 96.8 Å². The van der Waals surface area contributed by atoms with Crippen molar-refractivity contribution in [2.45, 2.75) is 6.36 Å². The van der Waals surface area contributed by atoms with E-state index in [9.17, 15) is 18.0 Å². The zero-order valence-electron chi connectivity index (χ0n) is 22.5. The number of anilines is 2. The first kappa shape index (κ1) is 30.3. The molecule has 1 amide bonds. The molecule has 0 fully saturated rings. The van der Waals surface area contributed by atoms with E-state index in [0.717, 1.165) is 5.75 Å². The Hall–Kier alpha value is -4.68. The van der Waals surface area contributed by atoms with Crippen molar-refractivity contribution in [3.8, 4) is 22.8 Å². The fourth-order valence-corrected chi connectivity index (χ4v) is 3.69. The van der Waals surface area contributed by atoms with Crippen LogP contribution in [0.3, 0.4) is 0 Å². The maximum Gasteiger partial charge on any atom is 0.573 e. The number of para-hydroxylation sites is 1. The number of halogens is 3. The molecule has 0 radical (unpaired) electrons. The standard InChI is InChI=1S/C30H29F3N4O5/c31-30(32,33)42-26-11-9-24(10-12-26)37-28-20-27(35-21-36-28)22-5-4-6-23(19-22)29(38)34-13-14-39-15-16-40-17-18-41-25-7-2-1-3-8-25/h1-12,19-21H,13-18H2,(H,34,38)(H,35,36,37). The summed E-state index contributed by atoms with van der Waals surface area (Å²) in [6, 6.07) is 23.4. The van der Waals surface area contributed by atoms with Crippen LogP contribution in [0.1, 0.15) is 10.4 Å². The Morgan fingerprint density at radius 1 is 0.762 bits per heavy atom. The minimum Gasteiger partial charge on any atom is -0.491 e. The predicted octanol–water partition coefficient (Wildman–Crippen LogP) is 5.63. The largest absolute Gasteiger partial charge is 0.573 e. The van der Waals surface area contributed by atoms with Gasteiger partial charge in [0, 0.05) is 29.4 Å². The van der Waals surface area contributed by atoms with Crippen molar-refractivity contribution in [3.63, 3.8) is 0 Å². The molecule has 1 aromatic heterocycles. The highest BCUT2D eigenvalue weighted by molar-refractivity contribution is 5.95. The number of benzene rings is 3. The van der Waals surface area contributed by atoms with Crippen molar-refractivity contribution < 1.29 is 36.9 Å². The average Bonchev–Trinajstić information content (AvgIpc) is 2.99. The van der Waals surface area contributed by atoms with Gasteiger partial charge in [0.25, 0.3) is 5.91 Å². The van der Waals surface area contributed by atoms with Crippen molar-refractivity contribution in [2.24, 2.45) is 0 Å². The summed E-state index contributed by atoms with van der Waals surface area (Å²) in [5.41, 5.74) is 2.19. The molecular weight excluding hydrogens is 553 g/mol. The lowest BCUT2D eigenvalue weighted by Crippen LogP contribution is -2.27. The summed E-state index contributed by atoms with van der Waals surface area (Å²) in [6.07, 6.45) is -3.41. The average molecular weight is 583 g/mol. The van der Waals surface area contributed by atoms with Crippen LogP contribution in [-0.2, 0) is 9.47 Å². The Labute approximate surface area is 240 Å². The summed E-state index contributed by atoms with van der Waals surface area (Å²) in [5, 5.41) is 5.83. The molecule has 42 heavy (non-hydrogen) atoms. The Balaban J connectivity index is 1.18. The number of alkyl halides is 3. The van der Waals surface area contributed by atoms with Crippen molar-refractivity contribution >= 4 is 17.4 Å². The van der Waals surface area contributed by atoms with Crippen LogP contribution in [0.4, 0.5) is 24.7 Å². The molecule has 4 aromatic rings. The van der Waals surface area contributed by atoms with Crippen LogP contribution in [0.2, 0.25) is 0 Å². The van der Waals surface area contributed by atoms with E-state index in [1.165, 1.54) is 30.6 Å². The Morgan fingerprint density at radius 2 is 1.50 bits per heavy atom. The number of nitrogens with zero attached hydrogens (tertiary/aromatic N) is 2. The topological polar surface area (TPSA) is 104 Å². The first-order valence-electron chi connectivity index (χ1n) is 13.0. The van der Waals surface area contributed by atoms with Gasteiger partial charge in [0.05, 0.1) is 32.1 Å². The highest BCUT2D eigenvalue weighted by atomic mass is 19.4. The van der Waals surface area contributed by atoms with E-state index in [1.54, 1.807) is 30.3 Å². The molecule has 1 heterocycles. The second kappa shape index (κ2) is 15.4. The van der Waals surface area contributed by atoms with Crippen LogP contribution in [-0.4, -0.2) is 61.8 Å². The summed E-state index contributed by atoms with van der Waals surface area (Å²) >= 11 is 0. The van der Waals surface area contributed by atoms with Crippen LogP contribution in [0, 0.1) is 0 Å². The predicted molar refractivity (Wildman–Crippen MR) is 150 cm³/mol. The number of carbonyl (C=O) groups is 1. The van der Waals surface area contributed by atoms with E-state index in [1.807, 2.05) is 30.3 Å². The molecule has 3 aromatic carbocycles. The minimum atomic E-state index is -4.76. The van der Waals surface area contributed by atoms with Gasteiger partial charge in [-0.25, -0.2) is 9.97 Å². The Bertz CT molecular complexity index is 1410. The minimum absolute atomic E-state index is 0.261. The maximum absolute atomic E-state index is 12.6. The van der Waals surface area contributed by atoms with Crippen LogP contribution < -0.4 is 20.1 Å². The lowest BCUT2D eigenvalue weighted by molar-refractivity contribution is -0.274. The molecule has 0 spiro atoms. The lowest BCUT2D eigenvalue weighted by Gasteiger charge is -2.11. The Morgan fingerprint density at radius 3 is 2.26 bits per heavy atom. The molecular formula is C30H29F3N4O5. The molecule has 0 saturated carbocycles. The van der Waals surface area contributed by atoms with Crippen LogP contribution in [0.5, 0.6) is 11.5 Å². The third-order valence-electron chi connectivity index (χ3n) is 5.59. The van der Waals surface area contributed by atoms with Gasteiger partial charge in [0.15, 0.2) is 0 Å². The molecule has 0 aliphatic heterocycles. The van der Waals surface area contributed by atoms with E-state index in [4.69, 9.17) is 14.2 Å². The number of hydrogen-bond acceptors (Lipinski definition) is 8. The van der Waals surface area contributed by atoms with Crippen LogP contribution in [0.25, 0.3) is 11.3 Å². The van der Waals surface area contributed by atoms with Gasteiger partial charge >= 0.3 is 6.36 Å². The first-order valence-corrected chi connectivity index (χ1v) is 13.0. The van der Waals surface area contributed by atoms with Crippen molar-refractivity contribution in [2.75, 3.05) is 44.9 Å². The molecule has 0 atom stereocenters. The second-order valence-electron chi connectivity index (χ2n) is 8.71. The Kier molecular flexibility index (Phi) is 11.1. The quantitative estimate of drug-likeness (QED) is 0.174. The smallest absolute Gasteiger partial charge is 0.491 e. The van der Waals surface area contributed by atoms with Crippen LogP contribution >= 0.6 is 0 Å². The third kappa shape index (κ3) is 10.4. The monoisotopic (exact) mass is 582 g/mol. The van der Waals surface area contributed by atoms with Gasteiger partial charge in [-0.1, -0.05) is 30.3 Å². The molecule has 9 nitrogen and oxygen atoms in total. The van der Waals surface area contributed by atoms with Crippen LogP contribution in [0.15, 0.2) is 91.3 Å². The molecule has 0 aliphatic rings. The van der Waals surface area contributed by atoms with Crippen molar-refractivity contribution in [1.82, 2.24) is 15.3 Å². The van der Waals surface area contributed by atoms with E-state index in [2.05, 4.69) is 25.3 Å². The fourth-order valence-electron chi connectivity index (χ4n) is 3.69. The number of aromatic nitrogens is 2. The zero-order valence-corrected chi connectivity index (χ0v) is 22.5. The highest BCUT2D eigenvalue weighted by Crippen LogP contribution is 2.26. The summed E-state index contributed by atoms with van der Waals surface area (Å²) < 4.78 is 57.5. The van der Waals surface area contributed by atoms with Crippen molar-refractivity contribution in [1.29, 1.82) is 0 Å². The van der Waals surface area contributed by atoms with Gasteiger partial charge in [-0.15, -0.1) is 13.2 Å². The van der Waals surface area contributed by atoms with Gasteiger partial charge in [-0.05, 0) is 48.5 Å². The van der Waals surface area contributed by atoms with Gasteiger partial charge in [-0.3, -0.25) is 4.79 Å². The maximum atomic E-state index is 12.6. The molecule has 220 valence electrons. The molecule has 2 N–H and O–H groups in total. The second-order valence-corrected chi connectivity index (χ2v) is 8.71. The molecule has 4 rings (SSSR count). The molecule has 12 heteroatoms. The van der Waals surface area contributed by atoms with Gasteiger partial charge in [0.1, 0.15) is 30.3 Å². The summed E-state index contributed by atoms with van der Waals surface area (Å²) in [7, 11) is 0. The number of hydrogen-bond donors (Lipinski definition) is 2. The zero-order chi connectivity index (χ0) is 29.6. The SMILES string of the molecule is O=C(NCCOCCOCCOc1ccccc1)c1cccc(-c2cc(Nc3ccc(OC(F)(F)F)cc3)ncn2)c1. The molecule has 0 saturated heterocycles. The van der Waals surface area contributed by atoms with E-state index < -0.39 is 6.36 Å². The molecule has 0 aliphatic carbocycles. The van der Waals surface area contributed by atoms with E-state index in [-0.39, 0.29) is 11.7 Å². The van der Waals surface area contributed by atoms with Gasteiger partial charge < -0.3 is 29.6 Å². The van der Waals surface area contributed by atoms with Gasteiger partial charge in [0.2, 0.25) is 0 Å². The first-order chi connectivity index (χ1) is 20.4. The number of carbonyl (C=O) groups excluding carboxylic acids is 1. The third-order valence-corrected chi connectivity index (χ3v) is 5.59. The molecule has 0 bridgehead atoms. The summed E-state index contributed by atoms with van der Waals surface area (Å²) in [4.78, 5) is 21.1. The van der Waals surface area contributed by atoms with E-state index in [0.29, 0.717) is 67.9 Å². The fraction of sp³-hybridized carbons (Fsp3) is 0.233. The number of nitrogens with one attached hydrogen (secondary N) is 2. The normalized spacial score (nSPS) is 11.1. The highest BCUT2D eigenvalue weighted by Gasteiger charge is 2.30. The number of amides is 1. The summed E-state index contributed by atoms with van der Waals surface area (Å²) in [6.45, 7) is 2.37. The lowest BCUT2D eigenvalue weighted by atomic mass is 10.1. The number of rotatable bonds is 15. The van der Waals surface area contributed by atoms with Gasteiger partial charge in [-0.2, -0.15) is 0 Å². The van der Waals surface area contributed by atoms with E-state index >= 15 is 0 Å². The summed E-state index contributed by atoms with van der Waals surface area (Å²) in [5.74, 6) is 0.628. The molecule has 0 unspecified atom stereocenters. The number of ether oxygens (including phenoxy) is 4.